The van der Waals surface area contributed by atoms with E-state index in [2.05, 4.69) is 34.3 Å². The van der Waals surface area contributed by atoms with Crippen LogP contribution in [0.1, 0.15) is 85.5 Å². The zero-order chi connectivity index (χ0) is 17.0. The predicted molar refractivity (Wildman–Crippen MR) is 97.0 cm³/mol. The summed E-state index contributed by atoms with van der Waals surface area (Å²) in [6, 6.07) is 0. The van der Waals surface area contributed by atoms with Gasteiger partial charge in [0.05, 0.1) is 12.7 Å². The Bertz CT molecular complexity index is 273. The highest BCUT2D eigenvalue weighted by molar-refractivity contribution is 5.01. The van der Waals surface area contributed by atoms with E-state index in [0.717, 1.165) is 36.2 Å². The fourth-order valence-electron chi connectivity index (χ4n) is 2.95. The van der Waals surface area contributed by atoms with Crippen LogP contribution in [0, 0.1) is 17.8 Å². The van der Waals surface area contributed by atoms with E-state index in [9.17, 15) is 5.11 Å². The van der Waals surface area contributed by atoms with E-state index in [-0.39, 0.29) is 6.61 Å². The minimum atomic E-state index is -0.734. The molecule has 0 aromatic carbocycles. The van der Waals surface area contributed by atoms with Crippen molar-refractivity contribution in [2.24, 2.45) is 17.8 Å². The Balaban J connectivity index is 3.56. The summed E-state index contributed by atoms with van der Waals surface area (Å²) in [5.74, 6) is 2.46. The van der Waals surface area contributed by atoms with E-state index in [0.29, 0.717) is 0 Å². The molecule has 0 radical (unpaired) electrons. The first-order chi connectivity index (χ1) is 10.4. The molecule has 2 nitrogen and oxygen atoms in total. The van der Waals surface area contributed by atoms with Gasteiger partial charge in [-0.3, -0.25) is 0 Å². The topological polar surface area (TPSA) is 40.5 Å². The Morgan fingerprint density at radius 3 is 1.73 bits per heavy atom. The van der Waals surface area contributed by atoms with Crippen LogP contribution in [0.2, 0.25) is 0 Å². The first-order valence-electron chi connectivity index (χ1n) is 9.33. The van der Waals surface area contributed by atoms with Gasteiger partial charge in [-0.2, -0.15) is 0 Å². The first kappa shape index (κ1) is 21.7. The summed E-state index contributed by atoms with van der Waals surface area (Å²) in [6.45, 7) is 13.0. The zero-order valence-corrected chi connectivity index (χ0v) is 15.5. The minimum absolute atomic E-state index is 0.205. The number of aliphatic hydroxyl groups excluding tert-OH is 2. The molecule has 0 aliphatic heterocycles. The van der Waals surface area contributed by atoms with Gasteiger partial charge in [-0.05, 0) is 36.2 Å². The molecule has 1 unspecified atom stereocenters. The van der Waals surface area contributed by atoms with Gasteiger partial charge in [-0.1, -0.05) is 79.2 Å². The fraction of sp³-hybridized carbons (Fsp3) is 0.900. The van der Waals surface area contributed by atoms with Crippen LogP contribution in [-0.4, -0.2) is 22.9 Å². The Morgan fingerprint density at radius 1 is 0.818 bits per heavy atom. The second kappa shape index (κ2) is 13.1. The summed E-state index contributed by atoms with van der Waals surface area (Å²) in [5.41, 5.74) is 0.772. The smallest absolute Gasteiger partial charge is 0.0978 e. The van der Waals surface area contributed by atoms with Crippen molar-refractivity contribution < 1.29 is 10.2 Å². The third-order valence-corrected chi connectivity index (χ3v) is 4.71. The number of aliphatic hydroxyl groups is 2. The monoisotopic (exact) mass is 312 g/mol. The molecule has 0 aliphatic rings. The summed E-state index contributed by atoms with van der Waals surface area (Å²) in [5, 5.41) is 18.3. The average molecular weight is 313 g/mol. The third-order valence-electron chi connectivity index (χ3n) is 4.71. The SMILES string of the molecule is C=C(CCC[C@H](C)CCC[C@H](C)CCCC(C)C)C(O)CO. The van der Waals surface area contributed by atoms with Crippen LogP contribution >= 0.6 is 0 Å². The Kier molecular flexibility index (Phi) is 12.9. The van der Waals surface area contributed by atoms with Crippen molar-refractivity contribution in [1.82, 2.24) is 0 Å². The minimum Gasteiger partial charge on any atom is -0.393 e. The van der Waals surface area contributed by atoms with E-state index < -0.39 is 6.10 Å². The molecule has 0 aliphatic carbocycles. The summed E-state index contributed by atoms with van der Waals surface area (Å²) >= 11 is 0. The van der Waals surface area contributed by atoms with E-state index in [1.54, 1.807) is 0 Å². The van der Waals surface area contributed by atoms with Crippen LogP contribution in [0.4, 0.5) is 0 Å². The highest BCUT2D eigenvalue weighted by atomic mass is 16.3. The molecule has 0 heterocycles. The second-order valence-electron chi connectivity index (χ2n) is 7.71. The summed E-state index contributed by atoms with van der Waals surface area (Å²) in [4.78, 5) is 0. The summed E-state index contributed by atoms with van der Waals surface area (Å²) in [7, 11) is 0. The molecule has 22 heavy (non-hydrogen) atoms. The van der Waals surface area contributed by atoms with Gasteiger partial charge in [0.2, 0.25) is 0 Å². The highest BCUT2D eigenvalue weighted by Gasteiger charge is 2.09. The van der Waals surface area contributed by atoms with E-state index in [4.69, 9.17) is 5.11 Å². The molecule has 132 valence electrons. The Morgan fingerprint density at radius 2 is 1.27 bits per heavy atom. The average Bonchev–Trinajstić information content (AvgIpc) is 2.45. The molecular formula is C20H40O2. The van der Waals surface area contributed by atoms with Crippen molar-refractivity contribution in [1.29, 1.82) is 0 Å². The highest BCUT2D eigenvalue weighted by Crippen LogP contribution is 2.22. The van der Waals surface area contributed by atoms with Crippen molar-refractivity contribution in [3.05, 3.63) is 12.2 Å². The van der Waals surface area contributed by atoms with Crippen LogP contribution in [-0.2, 0) is 0 Å². The number of hydrogen-bond donors (Lipinski definition) is 2. The number of rotatable bonds is 14. The van der Waals surface area contributed by atoms with Crippen LogP contribution in [0.25, 0.3) is 0 Å². The molecule has 0 saturated carbocycles. The lowest BCUT2D eigenvalue weighted by Gasteiger charge is -2.16. The zero-order valence-electron chi connectivity index (χ0n) is 15.5. The largest absolute Gasteiger partial charge is 0.393 e. The maximum atomic E-state index is 9.45. The molecule has 0 spiro atoms. The van der Waals surface area contributed by atoms with Crippen molar-refractivity contribution in [2.75, 3.05) is 6.61 Å². The molecule has 0 fully saturated rings. The lowest BCUT2D eigenvalue weighted by molar-refractivity contribution is 0.119. The maximum Gasteiger partial charge on any atom is 0.0978 e. The molecule has 0 aromatic heterocycles. The quantitative estimate of drug-likeness (QED) is 0.425. The van der Waals surface area contributed by atoms with Gasteiger partial charge in [0.25, 0.3) is 0 Å². The number of hydrogen-bond acceptors (Lipinski definition) is 2. The normalized spacial score (nSPS) is 15.8. The molecule has 0 amide bonds. The van der Waals surface area contributed by atoms with Gasteiger partial charge >= 0.3 is 0 Å². The molecule has 0 bridgehead atoms. The van der Waals surface area contributed by atoms with Gasteiger partial charge < -0.3 is 10.2 Å². The molecule has 0 saturated heterocycles. The van der Waals surface area contributed by atoms with Gasteiger partial charge in [-0.15, -0.1) is 0 Å². The Labute approximate surface area is 139 Å². The van der Waals surface area contributed by atoms with Gasteiger partial charge in [0.15, 0.2) is 0 Å². The molecule has 2 N–H and O–H groups in total. The van der Waals surface area contributed by atoms with Gasteiger partial charge in [-0.25, -0.2) is 0 Å². The van der Waals surface area contributed by atoms with Gasteiger partial charge in [0.1, 0.15) is 0 Å². The lowest BCUT2D eigenvalue weighted by atomic mass is 9.91. The van der Waals surface area contributed by atoms with Gasteiger partial charge in [0, 0.05) is 0 Å². The summed E-state index contributed by atoms with van der Waals surface area (Å²) < 4.78 is 0. The molecule has 2 heteroatoms. The van der Waals surface area contributed by atoms with E-state index >= 15 is 0 Å². The standard InChI is InChI=1S/C20H40O2/c1-16(2)9-6-10-17(3)11-7-12-18(4)13-8-14-19(5)20(22)15-21/h16-18,20-22H,5-15H2,1-4H3/t17-,18-,20?/m1/s1. The first-order valence-corrected chi connectivity index (χ1v) is 9.33. The van der Waals surface area contributed by atoms with Crippen LogP contribution in [0.3, 0.4) is 0 Å². The van der Waals surface area contributed by atoms with Crippen molar-refractivity contribution in [2.45, 2.75) is 91.6 Å². The van der Waals surface area contributed by atoms with E-state index in [1.165, 1.54) is 44.9 Å². The van der Waals surface area contributed by atoms with Crippen LogP contribution < -0.4 is 0 Å². The Hall–Kier alpha value is -0.340. The molecule has 0 rings (SSSR count). The second-order valence-corrected chi connectivity index (χ2v) is 7.71. The summed E-state index contributed by atoms with van der Waals surface area (Å²) in [6.07, 6.45) is 10.5. The molecule has 0 aromatic rings. The predicted octanol–water partition coefficient (Wildman–Crippen LogP) is 5.33. The fourth-order valence-corrected chi connectivity index (χ4v) is 2.95. The maximum absolute atomic E-state index is 9.45. The van der Waals surface area contributed by atoms with Crippen molar-refractivity contribution in [3.63, 3.8) is 0 Å². The molecular weight excluding hydrogens is 272 g/mol. The van der Waals surface area contributed by atoms with Crippen molar-refractivity contribution in [3.8, 4) is 0 Å². The third kappa shape index (κ3) is 12.2. The molecule has 3 atom stereocenters. The van der Waals surface area contributed by atoms with E-state index in [1.807, 2.05) is 0 Å². The lowest BCUT2D eigenvalue weighted by Crippen LogP contribution is -2.14. The van der Waals surface area contributed by atoms with Crippen LogP contribution in [0.5, 0.6) is 0 Å². The van der Waals surface area contributed by atoms with Crippen molar-refractivity contribution >= 4 is 0 Å². The van der Waals surface area contributed by atoms with Crippen LogP contribution in [0.15, 0.2) is 12.2 Å².